The Morgan fingerprint density at radius 1 is 0.956 bits per heavy atom. The Morgan fingerprint density at radius 3 is 2.42 bits per heavy atom. The first-order valence-electron chi connectivity index (χ1n) is 15.0. The van der Waals surface area contributed by atoms with E-state index in [0.29, 0.717) is 68.5 Å². The highest BCUT2D eigenvalue weighted by Crippen LogP contribution is 2.31. The third-order valence-corrected chi connectivity index (χ3v) is 8.95. The van der Waals surface area contributed by atoms with E-state index in [1.807, 2.05) is 54.6 Å². The molecule has 1 saturated heterocycles. The quantitative estimate of drug-likeness (QED) is 0.216. The Bertz CT molecular complexity index is 1780. The topological polar surface area (TPSA) is 124 Å². The van der Waals surface area contributed by atoms with Crippen molar-refractivity contribution in [2.45, 2.75) is 19.9 Å². The molecule has 1 fully saturated rings. The summed E-state index contributed by atoms with van der Waals surface area (Å²) < 4.78 is 42.3. The summed E-state index contributed by atoms with van der Waals surface area (Å²) in [5, 5.41) is 3.28. The van der Waals surface area contributed by atoms with E-state index in [0.717, 1.165) is 5.56 Å². The minimum atomic E-state index is -3.68. The van der Waals surface area contributed by atoms with Crippen LogP contribution in [-0.4, -0.2) is 80.6 Å². The molecule has 4 aromatic rings. The second kappa shape index (κ2) is 14.6. The van der Waals surface area contributed by atoms with E-state index in [1.54, 1.807) is 43.2 Å². The fourth-order valence-corrected chi connectivity index (χ4v) is 6.56. The molecule has 0 saturated carbocycles. The number of methoxy groups -OCH3 is 1. The van der Waals surface area contributed by atoms with E-state index in [1.165, 1.54) is 9.13 Å². The summed E-state index contributed by atoms with van der Waals surface area (Å²) in [5.41, 5.74) is 2.12. The Labute approximate surface area is 263 Å². The Balaban J connectivity index is 1.74. The molecule has 0 spiro atoms. The molecule has 2 N–H and O–H groups in total. The molecule has 0 bridgehead atoms. The lowest BCUT2D eigenvalue weighted by atomic mass is 10.1. The summed E-state index contributed by atoms with van der Waals surface area (Å²) in [4.78, 5) is 30.8. The van der Waals surface area contributed by atoms with Crippen LogP contribution in [0.15, 0.2) is 83.7 Å². The van der Waals surface area contributed by atoms with Gasteiger partial charge in [0, 0.05) is 38.9 Å². The molecule has 0 unspecified atom stereocenters. The zero-order valence-corrected chi connectivity index (χ0v) is 26.4. The minimum Gasteiger partial charge on any atom is -0.491 e. The van der Waals surface area contributed by atoms with Crippen LogP contribution in [0.2, 0.25) is 0 Å². The highest BCUT2D eigenvalue weighted by molar-refractivity contribution is 7.92. The SMILES string of the molecule is CCCS(=O)(=O)Nc1ccccc1-n1c(-c2ccccc2)c(C(=O)N2CCNCC2)n(Cc2cccc(OCCOC)c2)c1=O. The van der Waals surface area contributed by atoms with Gasteiger partial charge in [0.15, 0.2) is 0 Å². The number of imidazole rings is 1. The van der Waals surface area contributed by atoms with Gasteiger partial charge in [-0.25, -0.2) is 13.2 Å². The molecular weight excluding hydrogens is 594 g/mol. The minimum absolute atomic E-state index is 0.0711. The Kier molecular flexibility index (Phi) is 10.4. The predicted molar refractivity (Wildman–Crippen MR) is 175 cm³/mol. The fraction of sp³-hybridized carbons (Fsp3) is 0.333. The standard InChI is InChI=1S/C33H39N5O6S/c1-3-22-45(41,42)35-28-14-7-8-15-29(28)38-30(26-11-5-4-6-12-26)31(32(39)36-18-16-34-17-19-36)37(33(38)40)24-25-10-9-13-27(23-25)44-21-20-43-2/h4-15,23,34-35H,3,16-22,24H2,1-2H3. The normalized spacial score (nSPS) is 13.5. The van der Waals surface area contributed by atoms with E-state index in [9.17, 15) is 18.0 Å². The van der Waals surface area contributed by atoms with Crippen LogP contribution in [0, 0.1) is 0 Å². The summed E-state index contributed by atoms with van der Waals surface area (Å²) in [6, 6.07) is 23.4. The van der Waals surface area contributed by atoms with Crippen LogP contribution in [0.4, 0.5) is 5.69 Å². The van der Waals surface area contributed by atoms with Crippen LogP contribution in [0.5, 0.6) is 5.75 Å². The number of nitrogens with zero attached hydrogens (tertiary/aromatic N) is 3. The second-order valence-electron chi connectivity index (χ2n) is 10.7. The van der Waals surface area contributed by atoms with Crippen molar-refractivity contribution in [1.29, 1.82) is 0 Å². The molecule has 3 aromatic carbocycles. The van der Waals surface area contributed by atoms with Gasteiger partial charge in [0.1, 0.15) is 18.1 Å². The van der Waals surface area contributed by atoms with Gasteiger partial charge in [-0.2, -0.15) is 0 Å². The third kappa shape index (κ3) is 7.47. The average Bonchev–Trinajstić information content (AvgIpc) is 3.33. The number of hydrogen-bond acceptors (Lipinski definition) is 7. The predicted octanol–water partition coefficient (Wildman–Crippen LogP) is 3.58. The van der Waals surface area contributed by atoms with Crippen LogP contribution in [0.25, 0.3) is 16.9 Å². The first-order valence-corrected chi connectivity index (χ1v) is 16.7. The number of aromatic nitrogens is 2. The Morgan fingerprint density at radius 2 is 1.69 bits per heavy atom. The van der Waals surface area contributed by atoms with Gasteiger partial charge in [0.05, 0.1) is 36.0 Å². The van der Waals surface area contributed by atoms with Crippen molar-refractivity contribution in [2.24, 2.45) is 0 Å². The van der Waals surface area contributed by atoms with Crippen molar-refractivity contribution in [3.05, 3.63) is 101 Å². The number of anilines is 1. The average molecular weight is 634 g/mol. The monoisotopic (exact) mass is 633 g/mol. The van der Waals surface area contributed by atoms with Crippen LogP contribution < -0.4 is 20.5 Å². The van der Waals surface area contributed by atoms with Crippen molar-refractivity contribution in [3.63, 3.8) is 0 Å². The number of carbonyl (C=O) groups excluding carboxylic acids is 1. The van der Waals surface area contributed by atoms with Crippen LogP contribution in [0.1, 0.15) is 29.4 Å². The molecule has 1 aromatic heterocycles. The fourth-order valence-electron chi connectivity index (χ4n) is 5.41. The molecule has 2 heterocycles. The van der Waals surface area contributed by atoms with Gasteiger partial charge >= 0.3 is 5.69 Å². The molecule has 11 nitrogen and oxygen atoms in total. The molecule has 0 radical (unpaired) electrons. The lowest BCUT2D eigenvalue weighted by Gasteiger charge is -2.28. The lowest BCUT2D eigenvalue weighted by Crippen LogP contribution is -2.47. The van der Waals surface area contributed by atoms with Crippen molar-refractivity contribution in [1.82, 2.24) is 19.4 Å². The van der Waals surface area contributed by atoms with Crippen molar-refractivity contribution in [3.8, 4) is 22.7 Å². The number of carbonyl (C=O) groups is 1. The van der Waals surface area contributed by atoms with Gasteiger partial charge < -0.3 is 19.7 Å². The van der Waals surface area contributed by atoms with Gasteiger partial charge in [-0.15, -0.1) is 0 Å². The Hall–Kier alpha value is -4.39. The summed E-state index contributed by atoms with van der Waals surface area (Å²) in [7, 11) is -2.08. The van der Waals surface area contributed by atoms with Crippen LogP contribution >= 0.6 is 0 Å². The summed E-state index contributed by atoms with van der Waals surface area (Å²) >= 11 is 0. The van der Waals surface area contributed by atoms with Gasteiger partial charge in [0.2, 0.25) is 10.0 Å². The van der Waals surface area contributed by atoms with E-state index in [2.05, 4.69) is 10.0 Å². The summed E-state index contributed by atoms with van der Waals surface area (Å²) in [6.45, 7) is 4.92. The highest BCUT2D eigenvalue weighted by Gasteiger charge is 2.32. The summed E-state index contributed by atoms with van der Waals surface area (Å²) in [5.74, 6) is 0.270. The number of piperazine rings is 1. The number of nitrogens with one attached hydrogen (secondary N) is 2. The van der Waals surface area contributed by atoms with Crippen LogP contribution in [-0.2, 0) is 21.3 Å². The van der Waals surface area contributed by atoms with Gasteiger partial charge in [-0.05, 0) is 36.2 Å². The molecule has 0 atom stereocenters. The molecule has 0 aliphatic carbocycles. The van der Waals surface area contributed by atoms with E-state index < -0.39 is 15.7 Å². The van der Waals surface area contributed by atoms with Crippen molar-refractivity contribution in [2.75, 3.05) is 57.0 Å². The van der Waals surface area contributed by atoms with Crippen molar-refractivity contribution < 1.29 is 22.7 Å². The maximum absolute atomic E-state index is 14.6. The smallest absolute Gasteiger partial charge is 0.334 e. The first kappa shape index (κ1) is 32.0. The van der Waals surface area contributed by atoms with E-state index in [4.69, 9.17) is 9.47 Å². The third-order valence-electron chi connectivity index (χ3n) is 7.47. The van der Waals surface area contributed by atoms with Crippen molar-refractivity contribution >= 4 is 21.6 Å². The molecular formula is C33H39N5O6S. The zero-order chi connectivity index (χ0) is 31.8. The largest absolute Gasteiger partial charge is 0.491 e. The van der Waals surface area contributed by atoms with Gasteiger partial charge in [-0.1, -0.05) is 61.5 Å². The van der Waals surface area contributed by atoms with E-state index in [-0.39, 0.29) is 29.6 Å². The van der Waals surface area contributed by atoms with Gasteiger partial charge in [0.25, 0.3) is 5.91 Å². The molecule has 1 aliphatic rings. The van der Waals surface area contributed by atoms with Gasteiger partial charge in [-0.3, -0.25) is 18.7 Å². The highest BCUT2D eigenvalue weighted by atomic mass is 32.2. The number of sulfonamides is 1. The van der Waals surface area contributed by atoms with E-state index >= 15 is 0 Å². The molecule has 12 heteroatoms. The number of para-hydroxylation sites is 2. The number of benzene rings is 3. The molecule has 45 heavy (non-hydrogen) atoms. The number of rotatable bonds is 13. The molecule has 1 aliphatic heterocycles. The maximum atomic E-state index is 14.6. The molecule has 238 valence electrons. The molecule has 5 rings (SSSR count). The number of amides is 1. The van der Waals surface area contributed by atoms with Crippen LogP contribution in [0.3, 0.4) is 0 Å². The number of hydrogen-bond donors (Lipinski definition) is 2. The zero-order valence-electron chi connectivity index (χ0n) is 25.6. The second-order valence-corrected chi connectivity index (χ2v) is 12.6. The molecule has 1 amide bonds. The lowest BCUT2D eigenvalue weighted by molar-refractivity contribution is 0.0725. The first-order chi connectivity index (χ1) is 21.8. The summed E-state index contributed by atoms with van der Waals surface area (Å²) in [6.07, 6.45) is 0.431. The number of ether oxygens (including phenoxy) is 2. The maximum Gasteiger partial charge on any atom is 0.334 e.